The Morgan fingerprint density at radius 3 is 2.77 bits per heavy atom. The van der Waals surface area contributed by atoms with Crippen molar-refractivity contribution in [1.29, 1.82) is 0 Å². The molecular weight excluding hydrogens is 270 g/mol. The average molecular weight is 297 g/mol. The molecule has 2 heterocycles. The van der Waals surface area contributed by atoms with Crippen LogP contribution >= 0.6 is 0 Å². The van der Waals surface area contributed by atoms with Gasteiger partial charge in [0.1, 0.15) is 5.82 Å². The molecule has 0 saturated carbocycles. The molecule has 0 spiro atoms. The molecule has 22 heavy (non-hydrogen) atoms. The molecule has 0 N–H and O–H groups in total. The minimum absolute atomic E-state index is 0.495. The molecule has 3 nitrogen and oxygen atoms in total. The molecule has 1 unspecified atom stereocenters. The van der Waals surface area contributed by atoms with Crippen LogP contribution in [0.4, 0.5) is 0 Å². The number of piperidine rings is 1. The molecule has 1 fully saturated rings. The summed E-state index contributed by atoms with van der Waals surface area (Å²) in [7, 11) is 0. The van der Waals surface area contributed by atoms with Gasteiger partial charge in [-0.1, -0.05) is 36.2 Å². The molecule has 2 aromatic rings. The maximum atomic E-state index is 4.65. The Balaban J connectivity index is 1.69. The van der Waals surface area contributed by atoms with Crippen LogP contribution in [0.1, 0.15) is 49.2 Å². The normalized spacial score (nSPS) is 19.5. The van der Waals surface area contributed by atoms with Gasteiger partial charge in [0, 0.05) is 25.5 Å². The van der Waals surface area contributed by atoms with Crippen molar-refractivity contribution >= 4 is 0 Å². The van der Waals surface area contributed by atoms with E-state index in [4.69, 9.17) is 0 Å². The second kappa shape index (κ2) is 7.10. The fourth-order valence-corrected chi connectivity index (χ4v) is 3.46. The summed E-state index contributed by atoms with van der Waals surface area (Å²) in [6.45, 7) is 7.69. The molecule has 1 aliphatic heterocycles. The number of imidazole rings is 1. The third kappa shape index (κ3) is 3.41. The standard InChI is InChI=1S/C19H27N3/c1-3-21-15-12-20-19(21)18-6-4-5-13-22(18)14-11-17-9-7-16(2)8-10-17/h7-10,12,15,18H,3-6,11,13-14H2,1-2H3. The molecule has 1 aromatic carbocycles. The summed E-state index contributed by atoms with van der Waals surface area (Å²) in [5.41, 5.74) is 2.78. The largest absolute Gasteiger partial charge is 0.334 e. The number of aromatic nitrogens is 2. The van der Waals surface area contributed by atoms with Gasteiger partial charge in [0.2, 0.25) is 0 Å². The number of hydrogen-bond acceptors (Lipinski definition) is 2. The van der Waals surface area contributed by atoms with Crippen molar-refractivity contribution < 1.29 is 0 Å². The molecule has 1 aromatic heterocycles. The van der Waals surface area contributed by atoms with Crippen molar-refractivity contribution in [3.63, 3.8) is 0 Å². The van der Waals surface area contributed by atoms with E-state index in [1.807, 2.05) is 6.20 Å². The highest BCUT2D eigenvalue weighted by atomic mass is 15.2. The zero-order valence-corrected chi connectivity index (χ0v) is 13.8. The van der Waals surface area contributed by atoms with Crippen LogP contribution in [0, 0.1) is 6.92 Å². The molecule has 3 rings (SSSR count). The van der Waals surface area contributed by atoms with Crippen LogP contribution in [0.25, 0.3) is 0 Å². The van der Waals surface area contributed by atoms with Gasteiger partial charge in [-0.15, -0.1) is 0 Å². The van der Waals surface area contributed by atoms with E-state index in [-0.39, 0.29) is 0 Å². The van der Waals surface area contributed by atoms with Crippen molar-refractivity contribution in [3.8, 4) is 0 Å². The summed E-state index contributed by atoms with van der Waals surface area (Å²) in [4.78, 5) is 7.29. The highest BCUT2D eigenvalue weighted by molar-refractivity contribution is 5.21. The monoisotopic (exact) mass is 297 g/mol. The molecule has 1 aliphatic rings. The highest BCUT2D eigenvalue weighted by Gasteiger charge is 2.26. The van der Waals surface area contributed by atoms with Gasteiger partial charge in [0.25, 0.3) is 0 Å². The van der Waals surface area contributed by atoms with Crippen LogP contribution in [0.5, 0.6) is 0 Å². The van der Waals surface area contributed by atoms with Crippen LogP contribution in [-0.2, 0) is 13.0 Å². The smallest absolute Gasteiger partial charge is 0.126 e. The topological polar surface area (TPSA) is 21.1 Å². The fourth-order valence-electron chi connectivity index (χ4n) is 3.46. The van der Waals surface area contributed by atoms with Crippen molar-refractivity contribution in [3.05, 3.63) is 53.6 Å². The molecule has 0 amide bonds. The molecule has 0 bridgehead atoms. The Morgan fingerprint density at radius 2 is 2.00 bits per heavy atom. The number of aryl methyl sites for hydroxylation is 2. The van der Waals surface area contributed by atoms with Crippen LogP contribution in [0.3, 0.4) is 0 Å². The first kappa shape index (κ1) is 15.3. The first-order valence-corrected chi connectivity index (χ1v) is 8.58. The molecular formula is C19H27N3. The first-order chi connectivity index (χ1) is 10.8. The zero-order chi connectivity index (χ0) is 15.4. The Hall–Kier alpha value is -1.61. The van der Waals surface area contributed by atoms with Crippen LogP contribution in [-0.4, -0.2) is 27.5 Å². The summed E-state index contributed by atoms with van der Waals surface area (Å²) in [6, 6.07) is 9.46. The second-order valence-corrected chi connectivity index (χ2v) is 6.35. The van der Waals surface area contributed by atoms with E-state index < -0.39 is 0 Å². The van der Waals surface area contributed by atoms with Gasteiger partial charge >= 0.3 is 0 Å². The molecule has 0 aliphatic carbocycles. The fraction of sp³-hybridized carbons (Fsp3) is 0.526. The number of hydrogen-bond donors (Lipinski definition) is 0. The number of likely N-dealkylation sites (tertiary alicyclic amines) is 1. The summed E-state index contributed by atoms with van der Waals surface area (Å²) < 4.78 is 2.30. The van der Waals surface area contributed by atoms with Crippen LogP contribution in [0.15, 0.2) is 36.7 Å². The van der Waals surface area contributed by atoms with E-state index in [0.717, 1.165) is 19.5 Å². The lowest BCUT2D eigenvalue weighted by Gasteiger charge is -2.35. The lowest BCUT2D eigenvalue weighted by atomic mass is 10.00. The third-order valence-corrected chi connectivity index (χ3v) is 4.81. The maximum absolute atomic E-state index is 4.65. The van der Waals surface area contributed by atoms with E-state index in [0.29, 0.717) is 6.04 Å². The van der Waals surface area contributed by atoms with E-state index in [1.165, 1.54) is 42.8 Å². The first-order valence-electron chi connectivity index (χ1n) is 8.58. The van der Waals surface area contributed by atoms with Crippen molar-refractivity contribution in [2.75, 3.05) is 13.1 Å². The molecule has 118 valence electrons. The van der Waals surface area contributed by atoms with E-state index >= 15 is 0 Å². The van der Waals surface area contributed by atoms with Gasteiger partial charge in [-0.3, -0.25) is 4.90 Å². The minimum Gasteiger partial charge on any atom is -0.334 e. The van der Waals surface area contributed by atoms with Gasteiger partial charge in [-0.2, -0.15) is 0 Å². The molecule has 3 heteroatoms. The van der Waals surface area contributed by atoms with Gasteiger partial charge in [0.15, 0.2) is 0 Å². The minimum atomic E-state index is 0.495. The highest BCUT2D eigenvalue weighted by Crippen LogP contribution is 2.30. The number of rotatable bonds is 5. The van der Waals surface area contributed by atoms with Crippen molar-refractivity contribution in [2.24, 2.45) is 0 Å². The predicted octanol–water partition coefficient (Wildman–Crippen LogP) is 3.98. The van der Waals surface area contributed by atoms with Gasteiger partial charge in [-0.05, 0) is 45.2 Å². The lowest BCUT2D eigenvalue weighted by Crippen LogP contribution is -2.36. The zero-order valence-electron chi connectivity index (χ0n) is 13.8. The Morgan fingerprint density at radius 1 is 1.18 bits per heavy atom. The Bertz CT molecular complexity index is 585. The third-order valence-electron chi connectivity index (χ3n) is 4.81. The SMILES string of the molecule is CCn1ccnc1C1CCCCN1CCc1ccc(C)cc1. The molecule has 0 radical (unpaired) electrons. The van der Waals surface area contributed by atoms with Crippen molar-refractivity contribution in [1.82, 2.24) is 14.5 Å². The Kier molecular flexibility index (Phi) is 4.94. The maximum Gasteiger partial charge on any atom is 0.126 e. The van der Waals surface area contributed by atoms with Gasteiger partial charge < -0.3 is 4.57 Å². The van der Waals surface area contributed by atoms with E-state index in [9.17, 15) is 0 Å². The summed E-state index contributed by atoms with van der Waals surface area (Å²) in [5.74, 6) is 1.26. The van der Waals surface area contributed by atoms with Crippen molar-refractivity contribution in [2.45, 2.75) is 52.1 Å². The summed E-state index contributed by atoms with van der Waals surface area (Å²) in [6.07, 6.45) is 9.07. The van der Waals surface area contributed by atoms with Crippen LogP contribution in [0.2, 0.25) is 0 Å². The Labute approximate surface area is 134 Å². The van der Waals surface area contributed by atoms with Gasteiger partial charge in [-0.25, -0.2) is 4.98 Å². The quantitative estimate of drug-likeness (QED) is 0.832. The summed E-state index contributed by atoms with van der Waals surface area (Å²) >= 11 is 0. The predicted molar refractivity (Wildman–Crippen MR) is 90.9 cm³/mol. The van der Waals surface area contributed by atoms with E-state index in [2.05, 4.69) is 58.8 Å². The molecule has 1 saturated heterocycles. The van der Waals surface area contributed by atoms with Crippen LogP contribution < -0.4 is 0 Å². The van der Waals surface area contributed by atoms with Gasteiger partial charge in [0.05, 0.1) is 6.04 Å². The number of benzene rings is 1. The average Bonchev–Trinajstić information content (AvgIpc) is 3.03. The summed E-state index contributed by atoms with van der Waals surface area (Å²) in [5, 5.41) is 0. The number of nitrogens with zero attached hydrogens (tertiary/aromatic N) is 3. The second-order valence-electron chi connectivity index (χ2n) is 6.35. The lowest BCUT2D eigenvalue weighted by molar-refractivity contribution is 0.140. The molecule has 1 atom stereocenters. The van der Waals surface area contributed by atoms with E-state index in [1.54, 1.807) is 0 Å².